The Hall–Kier alpha value is -3.22. The van der Waals surface area contributed by atoms with Gasteiger partial charge in [0.25, 0.3) is 5.56 Å². The average Bonchev–Trinajstić information content (AvgIpc) is 3.19. The van der Waals surface area contributed by atoms with Gasteiger partial charge in [-0.25, -0.2) is 4.98 Å². The molecule has 1 aliphatic rings. The van der Waals surface area contributed by atoms with Gasteiger partial charge >= 0.3 is 0 Å². The van der Waals surface area contributed by atoms with Gasteiger partial charge in [-0.15, -0.1) is 0 Å². The standard InChI is InChI=1S/C21H23N5O2/c27-19-7-1-2-10-25(19)16-20(28)24-11-4-6-18(15-24)21-23-9-12-26(21)14-17-5-3-8-22-13-17/h1-3,5,7-10,12-13,18H,4,6,11,14-16H2/t18-/m1/s1. The summed E-state index contributed by atoms with van der Waals surface area (Å²) in [5.41, 5.74) is 0.963. The second-order valence-corrected chi connectivity index (χ2v) is 7.12. The zero-order valence-corrected chi connectivity index (χ0v) is 15.6. The number of hydrogen-bond donors (Lipinski definition) is 0. The van der Waals surface area contributed by atoms with E-state index in [1.807, 2.05) is 35.6 Å². The highest BCUT2D eigenvalue weighted by Gasteiger charge is 2.27. The molecule has 3 aromatic rings. The lowest BCUT2D eigenvalue weighted by molar-refractivity contribution is -0.133. The van der Waals surface area contributed by atoms with E-state index in [2.05, 4.69) is 14.5 Å². The number of likely N-dealkylation sites (tertiary alicyclic amines) is 1. The molecule has 0 bridgehead atoms. The van der Waals surface area contributed by atoms with Crippen molar-refractivity contribution in [3.05, 3.63) is 83.1 Å². The van der Waals surface area contributed by atoms with Gasteiger partial charge in [-0.3, -0.25) is 14.6 Å². The van der Waals surface area contributed by atoms with Crippen molar-refractivity contribution in [1.29, 1.82) is 0 Å². The topological polar surface area (TPSA) is 73.0 Å². The molecule has 0 N–H and O–H groups in total. The van der Waals surface area contributed by atoms with Crippen molar-refractivity contribution in [2.75, 3.05) is 13.1 Å². The lowest BCUT2D eigenvalue weighted by Crippen LogP contribution is -2.42. The fraction of sp³-hybridized carbons (Fsp3) is 0.333. The Kier molecular flexibility index (Phi) is 5.32. The summed E-state index contributed by atoms with van der Waals surface area (Å²) in [5.74, 6) is 1.17. The molecule has 1 saturated heterocycles. The minimum atomic E-state index is -0.156. The second kappa shape index (κ2) is 8.21. The molecule has 1 amide bonds. The second-order valence-electron chi connectivity index (χ2n) is 7.12. The fourth-order valence-corrected chi connectivity index (χ4v) is 3.75. The quantitative estimate of drug-likeness (QED) is 0.681. The van der Waals surface area contributed by atoms with Crippen LogP contribution in [0.4, 0.5) is 0 Å². The first-order chi connectivity index (χ1) is 13.7. The minimum absolute atomic E-state index is 0.0247. The Morgan fingerprint density at radius 3 is 2.86 bits per heavy atom. The van der Waals surface area contributed by atoms with Gasteiger partial charge in [-0.05, 0) is 30.5 Å². The van der Waals surface area contributed by atoms with Crippen LogP contribution in [0, 0.1) is 0 Å². The lowest BCUT2D eigenvalue weighted by Gasteiger charge is -2.33. The minimum Gasteiger partial charge on any atom is -0.340 e. The predicted molar refractivity (Wildman–Crippen MR) is 105 cm³/mol. The van der Waals surface area contributed by atoms with Crippen molar-refractivity contribution < 1.29 is 4.79 Å². The van der Waals surface area contributed by atoms with Gasteiger partial charge < -0.3 is 14.0 Å². The molecule has 28 heavy (non-hydrogen) atoms. The smallest absolute Gasteiger partial charge is 0.250 e. The van der Waals surface area contributed by atoms with E-state index in [0.29, 0.717) is 13.1 Å². The number of pyridine rings is 2. The Morgan fingerprint density at radius 1 is 1.11 bits per heavy atom. The summed E-state index contributed by atoms with van der Waals surface area (Å²) in [6.07, 6.45) is 11.0. The molecular formula is C21H23N5O2. The van der Waals surface area contributed by atoms with Gasteiger partial charge in [0.15, 0.2) is 0 Å². The van der Waals surface area contributed by atoms with Gasteiger partial charge in [0.1, 0.15) is 12.4 Å². The first-order valence-electron chi connectivity index (χ1n) is 9.54. The molecule has 0 unspecified atom stereocenters. The van der Waals surface area contributed by atoms with Gasteiger partial charge in [-0.2, -0.15) is 0 Å². The van der Waals surface area contributed by atoms with Crippen molar-refractivity contribution in [1.82, 2.24) is 24.0 Å². The molecule has 0 spiro atoms. The molecule has 144 valence electrons. The van der Waals surface area contributed by atoms with E-state index >= 15 is 0 Å². The average molecular weight is 377 g/mol. The SMILES string of the molecule is O=C(Cn1ccccc1=O)N1CCC[C@@H](c2nccn2Cc2cccnc2)C1. The molecule has 1 aliphatic heterocycles. The first kappa shape index (κ1) is 18.2. The van der Waals surface area contributed by atoms with Gasteiger partial charge in [-0.1, -0.05) is 12.1 Å². The normalized spacial score (nSPS) is 16.9. The third-order valence-corrected chi connectivity index (χ3v) is 5.17. The van der Waals surface area contributed by atoms with Crippen LogP contribution in [0.25, 0.3) is 0 Å². The van der Waals surface area contributed by atoms with Crippen LogP contribution in [-0.2, 0) is 17.9 Å². The number of rotatable bonds is 5. The van der Waals surface area contributed by atoms with Crippen LogP contribution in [-0.4, -0.2) is 43.0 Å². The number of imidazole rings is 1. The molecule has 3 aromatic heterocycles. The van der Waals surface area contributed by atoms with Crippen LogP contribution in [0.1, 0.15) is 30.1 Å². The van der Waals surface area contributed by atoms with Crippen molar-refractivity contribution in [2.24, 2.45) is 0 Å². The number of carbonyl (C=O) groups excluding carboxylic acids is 1. The lowest BCUT2D eigenvalue weighted by atomic mass is 9.97. The van der Waals surface area contributed by atoms with E-state index in [1.54, 1.807) is 24.5 Å². The molecule has 0 saturated carbocycles. The van der Waals surface area contributed by atoms with Gasteiger partial charge in [0, 0.05) is 56.1 Å². The van der Waals surface area contributed by atoms with Crippen molar-refractivity contribution >= 4 is 5.91 Å². The van der Waals surface area contributed by atoms with E-state index in [9.17, 15) is 9.59 Å². The Labute approximate surface area is 163 Å². The number of nitrogens with zero attached hydrogens (tertiary/aromatic N) is 5. The maximum atomic E-state index is 12.7. The molecule has 4 rings (SSSR count). The number of hydrogen-bond acceptors (Lipinski definition) is 4. The third-order valence-electron chi connectivity index (χ3n) is 5.17. The maximum absolute atomic E-state index is 12.7. The van der Waals surface area contributed by atoms with E-state index in [4.69, 9.17) is 0 Å². The molecule has 0 radical (unpaired) electrons. The first-order valence-corrected chi connectivity index (χ1v) is 9.54. The molecule has 7 nitrogen and oxygen atoms in total. The van der Waals surface area contributed by atoms with Crippen LogP contribution in [0.3, 0.4) is 0 Å². The molecule has 0 aliphatic carbocycles. The summed E-state index contributed by atoms with van der Waals surface area (Å²) in [7, 11) is 0. The van der Waals surface area contributed by atoms with Crippen molar-refractivity contribution in [3.8, 4) is 0 Å². The molecule has 1 atom stereocenters. The summed E-state index contributed by atoms with van der Waals surface area (Å²) in [6.45, 7) is 2.15. The van der Waals surface area contributed by atoms with Crippen LogP contribution in [0.2, 0.25) is 0 Å². The number of carbonyl (C=O) groups is 1. The Balaban J connectivity index is 1.46. The van der Waals surface area contributed by atoms with E-state index in [-0.39, 0.29) is 23.9 Å². The van der Waals surface area contributed by atoms with Crippen LogP contribution >= 0.6 is 0 Å². The molecule has 0 aromatic carbocycles. The summed E-state index contributed by atoms with van der Waals surface area (Å²) in [4.78, 5) is 35.2. The summed E-state index contributed by atoms with van der Waals surface area (Å²) in [5, 5.41) is 0. The highest BCUT2D eigenvalue weighted by atomic mass is 16.2. The largest absolute Gasteiger partial charge is 0.340 e. The van der Waals surface area contributed by atoms with E-state index in [0.717, 1.165) is 30.8 Å². The summed E-state index contributed by atoms with van der Waals surface area (Å²) in [6, 6.07) is 8.90. The molecule has 1 fully saturated rings. The van der Waals surface area contributed by atoms with Gasteiger partial charge in [0.05, 0.1) is 6.54 Å². The van der Waals surface area contributed by atoms with Crippen molar-refractivity contribution in [2.45, 2.75) is 31.8 Å². The zero-order chi connectivity index (χ0) is 19.3. The number of aromatic nitrogens is 4. The van der Waals surface area contributed by atoms with E-state index < -0.39 is 0 Å². The fourth-order valence-electron chi connectivity index (χ4n) is 3.75. The predicted octanol–water partition coefficient (Wildman–Crippen LogP) is 1.89. The monoisotopic (exact) mass is 377 g/mol. The third kappa shape index (κ3) is 4.03. The summed E-state index contributed by atoms with van der Waals surface area (Å²) < 4.78 is 3.59. The number of piperidine rings is 1. The van der Waals surface area contributed by atoms with E-state index in [1.165, 1.54) is 10.6 Å². The molecular weight excluding hydrogens is 354 g/mol. The highest BCUT2D eigenvalue weighted by molar-refractivity contribution is 5.76. The highest BCUT2D eigenvalue weighted by Crippen LogP contribution is 2.26. The Morgan fingerprint density at radius 2 is 2.04 bits per heavy atom. The van der Waals surface area contributed by atoms with Gasteiger partial charge in [0.2, 0.25) is 5.91 Å². The molecule has 7 heteroatoms. The van der Waals surface area contributed by atoms with Crippen LogP contribution in [0.15, 0.2) is 66.1 Å². The maximum Gasteiger partial charge on any atom is 0.250 e. The zero-order valence-electron chi connectivity index (χ0n) is 15.6. The Bertz CT molecular complexity index is 995. The van der Waals surface area contributed by atoms with Crippen LogP contribution < -0.4 is 5.56 Å². The van der Waals surface area contributed by atoms with Crippen molar-refractivity contribution in [3.63, 3.8) is 0 Å². The number of amides is 1. The summed E-state index contributed by atoms with van der Waals surface area (Å²) >= 11 is 0. The molecule has 4 heterocycles. The van der Waals surface area contributed by atoms with Crippen LogP contribution in [0.5, 0.6) is 0 Å².